The molecule has 94 valence electrons. The fourth-order valence-corrected chi connectivity index (χ4v) is 1.76. The molecule has 2 rings (SSSR count). The smallest absolute Gasteiger partial charge is 0.360 e. The van der Waals surface area contributed by atoms with E-state index in [0.717, 1.165) is 13.0 Å². The maximum atomic E-state index is 11.5. The van der Waals surface area contributed by atoms with Gasteiger partial charge in [-0.1, -0.05) is 6.92 Å². The minimum Gasteiger partial charge on any atom is -0.461 e. The summed E-state index contributed by atoms with van der Waals surface area (Å²) in [5.41, 5.74) is 0.253. The van der Waals surface area contributed by atoms with Crippen LogP contribution >= 0.6 is 0 Å². The minimum atomic E-state index is -0.422. The molecule has 1 heterocycles. The van der Waals surface area contributed by atoms with Crippen LogP contribution in [0.25, 0.3) is 0 Å². The van der Waals surface area contributed by atoms with E-state index in [2.05, 4.69) is 16.8 Å². The highest BCUT2D eigenvalue weighted by molar-refractivity contribution is 5.87. The Morgan fingerprint density at radius 2 is 2.35 bits per heavy atom. The third-order valence-electron chi connectivity index (χ3n) is 2.67. The number of esters is 1. The monoisotopic (exact) mass is 238 g/mol. The number of rotatable bonds is 6. The van der Waals surface area contributed by atoms with Crippen LogP contribution in [0.15, 0.2) is 10.7 Å². The molecule has 1 aromatic heterocycles. The summed E-state index contributed by atoms with van der Waals surface area (Å²) >= 11 is 0. The van der Waals surface area contributed by atoms with E-state index in [0.29, 0.717) is 18.7 Å². The quantitative estimate of drug-likeness (QED) is 0.711. The second-order valence-corrected chi connectivity index (χ2v) is 4.16. The van der Waals surface area contributed by atoms with Crippen molar-refractivity contribution in [2.24, 2.45) is 0 Å². The van der Waals surface area contributed by atoms with Gasteiger partial charge in [-0.15, -0.1) is 0 Å². The van der Waals surface area contributed by atoms with Crippen molar-refractivity contribution in [3.05, 3.63) is 12.0 Å². The van der Waals surface area contributed by atoms with E-state index in [9.17, 15) is 4.79 Å². The van der Waals surface area contributed by atoms with E-state index < -0.39 is 5.97 Å². The lowest BCUT2D eigenvalue weighted by Crippen LogP contribution is -2.26. The molecule has 0 bridgehead atoms. The Balaban J connectivity index is 2.07. The van der Waals surface area contributed by atoms with Crippen molar-refractivity contribution in [3.63, 3.8) is 0 Å². The second kappa shape index (κ2) is 5.21. The summed E-state index contributed by atoms with van der Waals surface area (Å²) in [5.74, 6) is -0.422. The summed E-state index contributed by atoms with van der Waals surface area (Å²) in [6, 6.07) is 1.07. The van der Waals surface area contributed by atoms with Crippen LogP contribution in [0.3, 0.4) is 0 Å². The lowest BCUT2D eigenvalue weighted by Gasteiger charge is -2.18. The number of hydrogen-bond acceptors (Lipinski definition) is 5. The SMILES string of the molecule is CCCN(c1nc(C(=O)OCC)co1)C1CC1. The van der Waals surface area contributed by atoms with Crippen LogP contribution in [0, 0.1) is 0 Å². The number of carbonyl (C=O) groups is 1. The molecule has 0 N–H and O–H groups in total. The van der Waals surface area contributed by atoms with Gasteiger partial charge in [0.1, 0.15) is 6.26 Å². The molecule has 0 unspecified atom stereocenters. The van der Waals surface area contributed by atoms with Crippen molar-refractivity contribution in [3.8, 4) is 0 Å². The number of anilines is 1. The Bertz CT molecular complexity index is 385. The molecule has 0 atom stereocenters. The number of ether oxygens (including phenoxy) is 1. The molecule has 1 aliphatic carbocycles. The van der Waals surface area contributed by atoms with Crippen LogP contribution in [0.1, 0.15) is 43.6 Å². The van der Waals surface area contributed by atoms with E-state index in [4.69, 9.17) is 9.15 Å². The van der Waals surface area contributed by atoms with Gasteiger partial charge in [0.2, 0.25) is 0 Å². The van der Waals surface area contributed by atoms with E-state index in [1.165, 1.54) is 19.1 Å². The molecule has 1 saturated carbocycles. The van der Waals surface area contributed by atoms with Gasteiger partial charge in [0, 0.05) is 12.6 Å². The van der Waals surface area contributed by atoms with Crippen LogP contribution in [0.2, 0.25) is 0 Å². The summed E-state index contributed by atoms with van der Waals surface area (Å²) in [6.45, 7) is 5.15. The second-order valence-electron chi connectivity index (χ2n) is 4.16. The summed E-state index contributed by atoms with van der Waals surface area (Å²) in [7, 11) is 0. The molecule has 0 amide bonds. The van der Waals surface area contributed by atoms with Crippen LogP contribution < -0.4 is 4.90 Å². The maximum absolute atomic E-state index is 11.5. The molecule has 5 nitrogen and oxygen atoms in total. The first kappa shape index (κ1) is 12.0. The van der Waals surface area contributed by atoms with Gasteiger partial charge in [-0.2, -0.15) is 4.98 Å². The maximum Gasteiger partial charge on any atom is 0.360 e. The summed E-state index contributed by atoms with van der Waals surface area (Å²) in [4.78, 5) is 17.8. The minimum absolute atomic E-state index is 0.253. The Hall–Kier alpha value is -1.52. The molecule has 0 aliphatic heterocycles. The van der Waals surface area contributed by atoms with Gasteiger partial charge >= 0.3 is 5.97 Å². The average molecular weight is 238 g/mol. The van der Waals surface area contributed by atoms with Gasteiger partial charge in [-0.25, -0.2) is 4.79 Å². The number of hydrogen-bond donors (Lipinski definition) is 0. The molecule has 5 heteroatoms. The first-order valence-electron chi connectivity index (χ1n) is 6.15. The molecule has 0 spiro atoms. The highest BCUT2D eigenvalue weighted by Crippen LogP contribution is 2.31. The number of nitrogens with zero attached hydrogens (tertiary/aromatic N) is 2. The molecule has 0 saturated heterocycles. The summed E-state index contributed by atoms with van der Waals surface area (Å²) in [5, 5.41) is 0. The Labute approximate surface area is 101 Å². The van der Waals surface area contributed by atoms with Gasteiger partial charge in [-0.05, 0) is 26.2 Å². The van der Waals surface area contributed by atoms with E-state index >= 15 is 0 Å². The van der Waals surface area contributed by atoms with E-state index in [-0.39, 0.29) is 5.69 Å². The molecular formula is C12H18N2O3. The fourth-order valence-electron chi connectivity index (χ4n) is 1.76. The van der Waals surface area contributed by atoms with Gasteiger partial charge in [0.25, 0.3) is 6.01 Å². The predicted octanol–water partition coefficient (Wildman–Crippen LogP) is 2.23. The first-order chi connectivity index (χ1) is 8.26. The molecule has 17 heavy (non-hydrogen) atoms. The topological polar surface area (TPSA) is 55.6 Å². The van der Waals surface area contributed by atoms with Crippen molar-refractivity contribution in [2.75, 3.05) is 18.1 Å². The molecule has 1 fully saturated rings. The van der Waals surface area contributed by atoms with Crippen molar-refractivity contribution < 1.29 is 13.9 Å². The van der Waals surface area contributed by atoms with Crippen LogP contribution in [0.5, 0.6) is 0 Å². The van der Waals surface area contributed by atoms with Crippen molar-refractivity contribution >= 4 is 12.0 Å². The molecule has 0 aromatic carbocycles. The number of carbonyl (C=O) groups excluding carboxylic acids is 1. The van der Waals surface area contributed by atoms with E-state index in [1.54, 1.807) is 6.92 Å². The molecule has 1 aliphatic rings. The van der Waals surface area contributed by atoms with Crippen molar-refractivity contribution in [1.29, 1.82) is 0 Å². The zero-order valence-corrected chi connectivity index (χ0v) is 10.3. The number of aromatic nitrogens is 1. The average Bonchev–Trinajstić information content (AvgIpc) is 3.03. The summed E-state index contributed by atoms with van der Waals surface area (Å²) < 4.78 is 10.2. The Morgan fingerprint density at radius 3 is 2.94 bits per heavy atom. The van der Waals surface area contributed by atoms with Crippen LogP contribution in [-0.2, 0) is 4.74 Å². The van der Waals surface area contributed by atoms with Gasteiger partial charge in [0.15, 0.2) is 5.69 Å². The third-order valence-corrected chi connectivity index (χ3v) is 2.67. The third kappa shape index (κ3) is 2.78. The fraction of sp³-hybridized carbons (Fsp3) is 0.667. The zero-order valence-electron chi connectivity index (χ0n) is 10.3. The molecule has 0 radical (unpaired) electrons. The normalized spacial score (nSPS) is 14.7. The Morgan fingerprint density at radius 1 is 1.59 bits per heavy atom. The highest BCUT2D eigenvalue weighted by atomic mass is 16.5. The predicted molar refractivity (Wildman–Crippen MR) is 63.1 cm³/mol. The van der Waals surface area contributed by atoms with Gasteiger partial charge in [-0.3, -0.25) is 0 Å². The molecular weight excluding hydrogens is 220 g/mol. The highest BCUT2D eigenvalue weighted by Gasteiger charge is 2.31. The molecule has 1 aromatic rings. The van der Waals surface area contributed by atoms with Crippen LogP contribution in [0.4, 0.5) is 6.01 Å². The van der Waals surface area contributed by atoms with Gasteiger partial charge < -0.3 is 14.1 Å². The standard InChI is InChI=1S/C12H18N2O3/c1-3-7-14(9-5-6-9)12-13-10(8-17-12)11(15)16-4-2/h8-9H,3-7H2,1-2H3. The lowest BCUT2D eigenvalue weighted by atomic mass is 10.4. The first-order valence-corrected chi connectivity index (χ1v) is 6.15. The van der Waals surface area contributed by atoms with Gasteiger partial charge in [0.05, 0.1) is 6.61 Å². The van der Waals surface area contributed by atoms with Crippen molar-refractivity contribution in [2.45, 2.75) is 39.2 Å². The Kier molecular flexibility index (Phi) is 3.66. The van der Waals surface area contributed by atoms with Crippen LogP contribution in [-0.4, -0.2) is 30.1 Å². The van der Waals surface area contributed by atoms with E-state index in [1.807, 2.05) is 0 Å². The zero-order chi connectivity index (χ0) is 12.3. The number of oxazole rings is 1. The summed E-state index contributed by atoms with van der Waals surface area (Å²) in [6.07, 6.45) is 4.76. The largest absolute Gasteiger partial charge is 0.461 e. The van der Waals surface area contributed by atoms with Crippen molar-refractivity contribution in [1.82, 2.24) is 4.98 Å². The lowest BCUT2D eigenvalue weighted by molar-refractivity contribution is 0.0519.